The van der Waals surface area contributed by atoms with E-state index in [1.807, 2.05) is 31.2 Å². The van der Waals surface area contributed by atoms with Crippen LogP contribution in [0.25, 0.3) is 11.2 Å². The number of aryl methyl sites for hydroxylation is 1. The van der Waals surface area contributed by atoms with Crippen LogP contribution in [-0.4, -0.2) is 50.6 Å². The second kappa shape index (κ2) is 7.09. The Balaban J connectivity index is 1.39. The molecule has 134 valence electrons. The third kappa shape index (κ3) is 3.50. The molecule has 3 heterocycles. The van der Waals surface area contributed by atoms with Gasteiger partial charge in [0.25, 0.3) is 0 Å². The number of aromatic amines is 1. The number of benzene rings is 1. The van der Waals surface area contributed by atoms with Gasteiger partial charge in [0.2, 0.25) is 0 Å². The molecule has 1 N–H and O–H groups in total. The van der Waals surface area contributed by atoms with Crippen molar-refractivity contribution in [1.82, 2.24) is 24.8 Å². The van der Waals surface area contributed by atoms with Gasteiger partial charge in [-0.2, -0.15) is 0 Å². The highest BCUT2D eigenvalue weighted by Crippen LogP contribution is 2.22. The molecule has 1 aliphatic rings. The normalized spacial score (nSPS) is 17.4. The maximum absolute atomic E-state index is 12.4. The largest absolute Gasteiger partial charge is 0.445 e. The van der Waals surface area contributed by atoms with Crippen LogP contribution in [0.3, 0.4) is 0 Å². The highest BCUT2D eigenvalue weighted by Gasteiger charge is 2.28. The van der Waals surface area contributed by atoms with Crippen molar-refractivity contribution >= 4 is 17.3 Å². The zero-order valence-electron chi connectivity index (χ0n) is 14.4. The molecule has 2 aromatic heterocycles. The fourth-order valence-electron chi connectivity index (χ4n) is 2.83. The van der Waals surface area contributed by atoms with Gasteiger partial charge in [-0.15, -0.1) is 0 Å². The number of hydrogen-bond acceptors (Lipinski definition) is 6. The number of H-pyrrole nitrogens is 1. The molecule has 3 aromatic rings. The minimum Gasteiger partial charge on any atom is -0.445 e. The van der Waals surface area contributed by atoms with Crippen molar-refractivity contribution in [2.75, 3.05) is 19.7 Å². The van der Waals surface area contributed by atoms with E-state index in [0.717, 1.165) is 11.1 Å². The van der Waals surface area contributed by atoms with E-state index in [4.69, 9.17) is 9.47 Å². The lowest BCUT2D eigenvalue weighted by Crippen LogP contribution is -2.42. The summed E-state index contributed by atoms with van der Waals surface area (Å²) in [5.41, 5.74) is 3.46. The second-order valence-corrected chi connectivity index (χ2v) is 6.23. The van der Waals surface area contributed by atoms with Crippen molar-refractivity contribution in [3.05, 3.63) is 53.7 Å². The molecule has 1 saturated heterocycles. The van der Waals surface area contributed by atoms with Crippen LogP contribution < -0.4 is 0 Å². The van der Waals surface area contributed by atoms with Crippen molar-refractivity contribution in [2.45, 2.75) is 19.6 Å². The van der Waals surface area contributed by atoms with Gasteiger partial charge in [-0.25, -0.2) is 19.7 Å². The molecule has 0 radical (unpaired) electrons. The number of imidazole rings is 1. The first-order chi connectivity index (χ1) is 12.7. The summed E-state index contributed by atoms with van der Waals surface area (Å²) in [6.45, 7) is 3.56. The maximum atomic E-state index is 12.4. The second-order valence-electron chi connectivity index (χ2n) is 6.23. The van der Waals surface area contributed by atoms with E-state index in [1.54, 1.807) is 11.1 Å². The van der Waals surface area contributed by atoms with Crippen LogP contribution in [0.5, 0.6) is 0 Å². The average molecular weight is 353 g/mol. The quantitative estimate of drug-likeness (QED) is 0.777. The lowest BCUT2D eigenvalue weighted by molar-refractivity contribution is -0.0330. The van der Waals surface area contributed by atoms with E-state index in [1.165, 1.54) is 11.9 Å². The third-order valence-corrected chi connectivity index (χ3v) is 4.29. The summed E-state index contributed by atoms with van der Waals surface area (Å²) in [6, 6.07) is 7.91. The zero-order valence-corrected chi connectivity index (χ0v) is 14.4. The number of nitrogens with zero attached hydrogens (tertiary/aromatic N) is 4. The Kier molecular flexibility index (Phi) is 4.49. The van der Waals surface area contributed by atoms with Crippen molar-refractivity contribution in [1.29, 1.82) is 0 Å². The van der Waals surface area contributed by atoms with Crippen LogP contribution in [0.4, 0.5) is 4.79 Å². The van der Waals surface area contributed by atoms with Crippen LogP contribution in [0, 0.1) is 6.92 Å². The first kappa shape index (κ1) is 16.5. The van der Waals surface area contributed by atoms with Gasteiger partial charge in [-0.05, 0) is 12.5 Å². The molecule has 0 saturated carbocycles. The SMILES string of the molecule is Cc1ccc(COC(=O)N2CCOC(c3nc4ncncc4[nH]3)C2)cc1. The summed E-state index contributed by atoms with van der Waals surface area (Å²) in [6.07, 6.45) is 2.42. The molecule has 26 heavy (non-hydrogen) atoms. The van der Waals surface area contributed by atoms with Crippen LogP contribution in [-0.2, 0) is 16.1 Å². The van der Waals surface area contributed by atoms with Gasteiger partial charge in [-0.3, -0.25) is 0 Å². The van der Waals surface area contributed by atoms with Gasteiger partial charge in [0, 0.05) is 6.54 Å². The Hall–Kier alpha value is -3.00. The summed E-state index contributed by atoms with van der Waals surface area (Å²) in [4.78, 5) is 29.7. The third-order valence-electron chi connectivity index (χ3n) is 4.29. The Bertz CT molecular complexity index is 876. The number of rotatable bonds is 3. The Labute approximate surface area is 150 Å². The van der Waals surface area contributed by atoms with E-state index in [-0.39, 0.29) is 18.8 Å². The van der Waals surface area contributed by atoms with Gasteiger partial charge < -0.3 is 19.4 Å². The molecule has 0 aliphatic carbocycles. The molecular weight excluding hydrogens is 334 g/mol. The molecule has 1 atom stereocenters. The minimum atomic E-state index is -0.352. The van der Waals surface area contributed by atoms with Gasteiger partial charge in [0.15, 0.2) is 5.65 Å². The Morgan fingerprint density at radius 1 is 1.38 bits per heavy atom. The van der Waals surface area contributed by atoms with Crippen molar-refractivity contribution < 1.29 is 14.3 Å². The first-order valence-electron chi connectivity index (χ1n) is 8.43. The molecular formula is C18H19N5O3. The van der Waals surface area contributed by atoms with Crippen LogP contribution in [0.15, 0.2) is 36.8 Å². The molecule has 0 bridgehead atoms. The summed E-state index contributed by atoms with van der Waals surface area (Å²) in [5.74, 6) is 0.636. The van der Waals surface area contributed by atoms with Crippen LogP contribution >= 0.6 is 0 Å². The maximum Gasteiger partial charge on any atom is 0.410 e. The number of carbonyl (C=O) groups excluding carboxylic acids is 1. The predicted octanol–water partition coefficient (Wildman–Crippen LogP) is 2.37. The molecule has 0 spiro atoms. The smallest absolute Gasteiger partial charge is 0.410 e. The number of ether oxygens (including phenoxy) is 2. The van der Waals surface area contributed by atoms with E-state index < -0.39 is 0 Å². The fraction of sp³-hybridized carbons (Fsp3) is 0.333. The monoisotopic (exact) mass is 353 g/mol. The number of nitrogens with one attached hydrogen (secondary N) is 1. The standard InChI is InChI=1S/C18H19N5O3/c1-12-2-4-13(5-3-12)10-26-18(24)23-6-7-25-15(9-23)17-21-14-8-19-11-20-16(14)22-17/h2-5,8,11,15H,6-7,9-10H2,1H3,(H,19,20,21,22). The number of fused-ring (bicyclic) bond motifs is 1. The molecule has 1 aromatic carbocycles. The van der Waals surface area contributed by atoms with Crippen molar-refractivity contribution in [3.63, 3.8) is 0 Å². The molecule has 4 rings (SSSR count). The minimum absolute atomic E-state index is 0.251. The van der Waals surface area contributed by atoms with Gasteiger partial charge in [0.05, 0.1) is 19.3 Å². The van der Waals surface area contributed by atoms with Crippen molar-refractivity contribution in [2.24, 2.45) is 0 Å². The first-order valence-corrected chi connectivity index (χ1v) is 8.43. The van der Waals surface area contributed by atoms with E-state index >= 15 is 0 Å². The molecule has 1 fully saturated rings. The lowest BCUT2D eigenvalue weighted by Gasteiger charge is -2.31. The van der Waals surface area contributed by atoms with Gasteiger partial charge in [-0.1, -0.05) is 29.8 Å². The summed E-state index contributed by atoms with van der Waals surface area (Å²) >= 11 is 0. The number of carbonyl (C=O) groups is 1. The highest BCUT2D eigenvalue weighted by molar-refractivity contribution is 5.69. The molecule has 8 nitrogen and oxygen atoms in total. The summed E-state index contributed by atoms with van der Waals surface area (Å²) < 4.78 is 11.2. The summed E-state index contributed by atoms with van der Waals surface area (Å²) in [7, 11) is 0. The van der Waals surface area contributed by atoms with E-state index in [9.17, 15) is 4.79 Å². The predicted molar refractivity (Wildman–Crippen MR) is 93.3 cm³/mol. The highest BCUT2D eigenvalue weighted by atomic mass is 16.6. The van der Waals surface area contributed by atoms with Gasteiger partial charge in [0.1, 0.15) is 30.4 Å². The average Bonchev–Trinajstić information content (AvgIpc) is 3.12. The van der Waals surface area contributed by atoms with E-state index in [0.29, 0.717) is 31.2 Å². The van der Waals surface area contributed by atoms with E-state index in [2.05, 4.69) is 19.9 Å². The zero-order chi connectivity index (χ0) is 17.9. The number of morpholine rings is 1. The molecule has 8 heteroatoms. The molecule has 1 aliphatic heterocycles. The van der Waals surface area contributed by atoms with Crippen LogP contribution in [0.1, 0.15) is 23.1 Å². The lowest BCUT2D eigenvalue weighted by atomic mass is 10.2. The number of aromatic nitrogens is 4. The van der Waals surface area contributed by atoms with Gasteiger partial charge >= 0.3 is 6.09 Å². The number of amides is 1. The summed E-state index contributed by atoms with van der Waals surface area (Å²) in [5, 5.41) is 0. The Morgan fingerprint density at radius 3 is 3.04 bits per heavy atom. The Morgan fingerprint density at radius 2 is 2.23 bits per heavy atom. The van der Waals surface area contributed by atoms with Crippen molar-refractivity contribution in [3.8, 4) is 0 Å². The number of hydrogen-bond donors (Lipinski definition) is 1. The fourth-order valence-corrected chi connectivity index (χ4v) is 2.83. The molecule has 1 unspecified atom stereocenters. The topological polar surface area (TPSA) is 93.2 Å². The molecule has 1 amide bonds. The van der Waals surface area contributed by atoms with Crippen LogP contribution in [0.2, 0.25) is 0 Å².